The Morgan fingerprint density at radius 3 is 2.57 bits per heavy atom. The van der Waals surface area contributed by atoms with Crippen LogP contribution in [0.15, 0.2) is 65.9 Å². The lowest BCUT2D eigenvalue weighted by Gasteiger charge is -2.40. The third kappa shape index (κ3) is 4.88. The summed E-state index contributed by atoms with van der Waals surface area (Å²) in [4.78, 5) is 13.1. The summed E-state index contributed by atoms with van der Waals surface area (Å²) in [5.41, 5.74) is 4.36. The van der Waals surface area contributed by atoms with E-state index in [0.717, 1.165) is 49.1 Å². The third-order valence-corrected chi connectivity index (χ3v) is 6.40. The zero-order valence-corrected chi connectivity index (χ0v) is 18.2. The average molecular weight is 424 g/mol. The monoisotopic (exact) mass is 423 g/mol. The van der Waals surface area contributed by atoms with Crippen LogP contribution in [0.4, 0.5) is 0 Å². The Bertz CT molecular complexity index is 894. The topological polar surface area (TPSA) is 53.2 Å². The number of amides is 1. The van der Waals surface area contributed by atoms with Crippen LogP contribution in [0.3, 0.4) is 0 Å². The van der Waals surface area contributed by atoms with Crippen LogP contribution in [-0.4, -0.2) is 11.9 Å². The van der Waals surface area contributed by atoms with Gasteiger partial charge in [0.15, 0.2) is 0 Å². The molecule has 2 aromatic carbocycles. The highest BCUT2D eigenvalue weighted by Crippen LogP contribution is 2.36. The van der Waals surface area contributed by atoms with E-state index in [9.17, 15) is 4.79 Å². The molecule has 30 heavy (non-hydrogen) atoms. The maximum Gasteiger partial charge on any atom is 0.250 e. The zero-order valence-electron chi connectivity index (χ0n) is 17.5. The van der Waals surface area contributed by atoms with E-state index in [2.05, 4.69) is 47.1 Å². The third-order valence-electron chi connectivity index (χ3n) is 6.15. The fraction of sp³-hybridized carbons (Fsp3) is 0.400. The number of carbonyl (C=O) groups is 1. The van der Waals surface area contributed by atoms with Crippen molar-refractivity contribution in [3.8, 4) is 0 Å². The van der Waals surface area contributed by atoms with Crippen LogP contribution in [0.2, 0.25) is 5.02 Å². The van der Waals surface area contributed by atoms with Gasteiger partial charge in [0.2, 0.25) is 0 Å². The molecule has 2 aliphatic rings. The normalized spacial score (nSPS) is 23.5. The molecule has 0 radical (unpaired) electrons. The Labute approximate surface area is 184 Å². The molecule has 1 unspecified atom stereocenters. The Morgan fingerprint density at radius 1 is 1.07 bits per heavy atom. The van der Waals surface area contributed by atoms with Gasteiger partial charge in [-0.3, -0.25) is 4.79 Å². The molecular formula is C25H30ClN3O. The van der Waals surface area contributed by atoms with Gasteiger partial charge >= 0.3 is 0 Å². The molecule has 0 fully saturated rings. The van der Waals surface area contributed by atoms with Crippen molar-refractivity contribution in [2.45, 2.75) is 57.8 Å². The number of rotatable bonds is 7. The van der Waals surface area contributed by atoms with E-state index in [4.69, 9.17) is 11.6 Å². The fourth-order valence-electron chi connectivity index (χ4n) is 4.53. The van der Waals surface area contributed by atoms with E-state index < -0.39 is 0 Å². The molecule has 1 aliphatic heterocycles. The van der Waals surface area contributed by atoms with E-state index in [1.54, 1.807) is 0 Å². The Hall–Kier alpha value is -2.30. The van der Waals surface area contributed by atoms with Crippen molar-refractivity contribution < 1.29 is 4.79 Å². The van der Waals surface area contributed by atoms with Crippen LogP contribution in [0, 0.1) is 5.92 Å². The molecule has 4 nitrogen and oxygen atoms in total. The average Bonchev–Trinajstić information content (AvgIpc) is 2.77. The number of benzene rings is 2. The van der Waals surface area contributed by atoms with Crippen molar-refractivity contribution in [1.82, 2.24) is 16.0 Å². The zero-order chi connectivity index (χ0) is 20.9. The largest absolute Gasteiger partial charge is 0.364 e. The smallest absolute Gasteiger partial charge is 0.250 e. The first-order valence-electron chi connectivity index (χ1n) is 11.0. The molecule has 4 rings (SSSR count). The minimum atomic E-state index is -0.202. The molecule has 0 saturated carbocycles. The number of unbranched alkanes of at least 4 members (excludes halogenated alkanes) is 1. The molecule has 3 atom stereocenters. The maximum atomic E-state index is 13.1. The van der Waals surface area contributed by atoms with E-state index in [-0.39, 0.29) is 12.1 Å². The second kappa shape index (κ2) is 9.67. The molecule has 1 amide bonds. The lowest BCUT2D eigenvalue weighted by atomic mass is 9.79. The Balaban J connectivity index is 1.52. The SMILES string of the molecule is CCCC[C@H]1C[C@H](NCc2ccccc2)CC2=C1NC(c1ccc(Cl)cc1)NC2=O. The van der Waals surface area contributed by atoms with E-state index >= 15 is 0 Å². The van der Waals surface area contributed by atoms with E-state index in [1.165, 1.54) is 12.0 Å². The second-order valence-electron chi connectivity index (χ2n) is 8.34. The Morgan fingerprint density at radius 2 is 1.83 bits per heavy atom. The summed E-state index contributed by atoms with van der Waals surface area (Å²) in [6, 6.07) is 18.4. The number of halogens is 1. The summed E-state index contributed by atoms with van der Waals surface area (Å²) in [5, 5.41) is 11.2. The standard InChI is InChI=1S/C25H30ClN3O/c1-2-3-9-19-14-21(27-16-17-7-5-4-6-8-17)15-22-23(19)28-24(29-25(22)30)18-10-12-20(26)13-11-18/h4-8,10-13,19,21,24,27-28H,2-3,9,14-16H2,1H3,(H,29,30)/t19-,21-,24?/m0/s1. The van der Waals surface area contributed by atoms with Gasteiger partial charge in [0.1, 0.15) is 6.17 Å². The molecule has 0 spiro atoms. The minimum Gasteiger partial charge on any atom is -0.364 e. The molecule has 1 aliphatic carbocycles. The molecule has 5 heteroatoms. The van der Waals surface area contributed by atoms with Gasteiger partial charge < -0.3 is 16.0 Å². The number of carbonyl (C=O) groups excluding carboxylic acids is 1. The lowest BCUT2D eigenvalue weighted by molar-refractivity contribution is -0.119. The first kappa shape index (κ1) is 21.0. The summed E-state index contributed by atoms with van der Waals surface area (Å²) in [7, 11) is 0. The predicted octanol–water partition coefficient (Wildman–Crippen LogP) is 5.07. The van der Waals surface area contributed by atoms with Crippen molar-refractivity contribution in [3.63, 3.8) is 0 Å². The highest BCUT2D eigenvalue weighted by molar-refractivity contribution is 6.30. The summed E-state index contributed by atoms with van der Waals surface area (Å²) < 4.78 is 0. The van der Waals surface area contributed by atoms with Crippen LogP contribution >= 0.6 is 11.6 Å². The van der Waals surface area contributed by atoms with Gasteiger partial charge in [-0.25, -0.2) is 0 Å². The first-order chi connectivity index (χ1) is 14.6. The number of hydrogen-bond donors (Lipinski definition) is 3. The number of hydrogen-bond acceptors (Lipinski definition) is 3. The minimum absolute atomic E-state index is 0.0522. The van der Waals surface area contributed by atoms with E-state index in [0.29, 0.717) is 17.0 Å². The second-order valence-corrected chi connectivity index (χ2v) is 8.77. The van der Waals surface area contributed by atoms with Crippen molar-refractivity contribution in [3.05, 3.63) is 82.0 Å². The van der Waals surface area contributed by atoms with Gasteiger partial charge in [0, 0.05) is 34.8 Å². The lowest BCUT2D eigenvalue weighted by Crippen LogP contribution is -2.50. The maximum absolute atomic E-state index is 13.1. The summed E-state index contributed by atoms with van der Waals surface area (Å²) in [6.45, 7) is 3.05. The van der Waals surface area contributed by atoms with Crippen LogP contribution in [-0.2, 0) is 11.3 Å². The molecule has 0 aromatic heterocycles. The molecule has 158 valence electrons. The van der Waals surface area contributed by atoms with Crippen molar-refractivity contribution >= 4 is 17.5 Å². The van der Waals surface area contributed by atoms with Crippen LogP contribution in [0.5, 0.6) is 0 Å². The van der Waals surface area contributed by atoms with Gasteiger partial charge in [-0.1, -0.05) is 73.8 Å². The quantitative estimate of drug-likeness (QED) is 0.582. The fourth-order valence-corrected chi connectivity index (χ4v) is 4.65. The number of nitrogens with one attached hydrogen (secondary N) is 3. The van der Waals surface area contributed by atoms with Crippen molar-refractivity contribution in [2.24, 2.45) is 5.92 Å². The highest BCUT2D eigenvalue weighted by atomic mass is 35.5. The molecule has 2 aromatic rings. The van der Waals surface area contributed by atoms with Gasteiger partial charge in [-0.2, -0.15) is 0 Å². The molecule has 0 saturated heterocycles. The highest BCUT2D eigenvalue weighted by Gasteiger charge is 2.36. The molecule has 3 N–H and O–H groups in total. The van der Waals surface area contributed by atoms with Gasteiger partial charge in [0.05, 0.1) is 0 Å². The summed E-state index contributed by atoms with van der Waals surface area (Å²) >= 11 is 6.04. The predicted molar refractivity (Wildman–Crippen MR) is 122 cm³/mol. The van der Waals surface area contributed by atoms with Gasteiger partial charge in [-0.15, -0.1) is 0 Å². The molecule has 1 heterocycles. The molecular weight excluding hydrogens is 394 g/mol. The van der Waals surface area contributed by atoms with Crippen molar-refractivity contribution in [2.75, 3.05) is 0 Å². The van der Waals surface area contributed by atoms with Crippen LogP contribution in [0.25, 0.3) is 0 Å². The summed E-state index contributed by atoms with van der Waals surface area (Å²) in [5.74, 6) is 0.430. The van der Waals surface area contributed by atoms with Gasteiger partial charge in [0.25, 0.3) is 5.91 Å². The van der Waals surface area contributed by atoms with Crippen LogP contribution < -0.4 is 16.0 Å². The van der Waals surface area contributed by atoms with Crippen LogP contribution in [0.1, 0.15) is 56.3 Å². The van der Waals surface area contributed by atoms with Crippen molar-refractivity contribution in [1.29, 1.82) is 0 Å². The molecule has 0 bridgehead atoms. The summed E-state index contributed by atoms with van der Waals surface area (Å²) in [6.07, 6.45) is 5.05. The van der Waals surface area contributed by atoms with Gasteiger partial charge in [-0.05, 0) is 42.5 Å². The Kier molecular flexibility index (Phi) is 6.76. The van der Waals surface area contributed by atoms with E-state index in [1.807, 2.05) is 30.3 Å². The number of allylic oxidation sites excluding steroid dienone is 1. The first-order valence-corrected chi connectivity index (χ1v) is 11.3.